The minimum Gasteiger partial charge on any atom is -0.443 e. The molecule has 0 aliphatic carbocycles. The molecule has 2 rings (SSSR count). The van der Waals surface area contributed by atoms with Crippen molar-refractivity contribution in [1.82, 2.24) is 10.3 Å². The highest BCUT2D eigenvalue weighted by Gasteiger charge is 2.17. The number of halogens is 2. The van der Waals surface area contributed by atoms with Gasteiger partial charge in [0.15, 0.2) is 12.2 Å². The number of nitrogens with zero attached hydrogens (tertiary/aromatic N) is 1. The van der Waals surface area contributed by atoms with Crippen LogP contribution in [0.2, 0.25) is 0 Å². The summed E-state index contributed by atoms with van der Waals surface area (Å²) in [5.41, 5.74) is 1.12. The van der Waals surface area contributed by atoms with E-state index in [1.807, 2.05) is 13.8 Å². The van der Waals surface area contributed by atoms with E-state index in [0.29, 0.717) is 34.1 Å². The van der Waals surface area contributed by atoms with Crippen LogP contribution in [0, 0.1) is 5.82 Å². The van der Waals surface area contributed by atoms with E-state index in [4.69, 9.17) is 4.42 Å². The zero-order valence-electron chi connectivity index (χ0n) is 10.2. The monoisotopic (exact) mass is 312 g/mol. The average Bonchev–Trinajstić information content (AvgIpc) is 2.74. The average molecular weight is 313 g/mol. The number of oxazole rings is 1. The van der Waals surface area contributed by atoms with E-state index in [1.165, 1.54) is 12.5 Å². The molecule has 0 atom stereocenters. The molecule has 2 aromatic rings. The molecule has 1 aromatic carbocycles. The van der Waals surface area contributed by atoms with Gasteiger partial charge in [-0.2, -0.15) is 0 Å². The highest BCUT2D eigenvalue weighted by Crippen LogP contribution is 2.32. The van der Waals surface area contributed by atoms with Crippen molar-refractivity contribution in [2.75, 3.05) is 0 Å². The molecule has 0 radical (unpaired) electrons. The molecule has 0 aliphatic heterocycles. The molecule has 0 amide bonds. The minimum absolute atomic E-state index is 0.327. The Hall–Kier alpha value is -1.20. The van der Waals surface area contributed by atoms with E-state index >= 15 is 0 Å². The maximum atomic E-state index is 13.9. The van der Waals surface area contributed by atoms with Crippen LogP contribution in [-0.4, -0.2) is 11.0 Å². The second-order valence-electron chi connectivity index (χ2n) is 4.26. The summed E-state index contributed by atoms with van der Waals surface area (Å²) in [5, 5.41) is 3.24. The van der Waals surface area contributed by atoms with Gasteiger partial charge in [0, 0.05) is 17.1 Å². The fraction of sp³-hybridized carbons (Fsp3) is 0.308. The molecule has 1 aromatic heterocycles. The van der Waals surface area contributed by atoms with E-state index in [2.05, 4.69) is 26.2 Å². The molecular formula is C13H14BrFN2O. The van der Waals surface area contributed by atoms with Gasteiger partial charge in [0.1, 0.15) is 11.5 Å². The van der Waals surface area contributed by atoms with Gasteiger partial charge in [0.05, 0.1) is 5.56 Å². The molecule has 18 heavy (non-hydrogen) atoms. The molecule has 96 valence electrons. The van der Waals surface area contributed by atoms with Crippen LogP contribution in [0.25, 0.3) is 11.3 Å². The third kappa shape index (κ3) is 2.79. The first-order valence-electron chi connectivity index (χ1n) is 5.69. The van der Waals surface area contributed by atoms with Crippen molar-refractivity contribution in [2.24, 2.45) is 0 Å². The van der Waals surface area contributed by atoms with Crippen LogP contribution >= 0.6 is 15.9 Å². The van der Waals surface area contributed by atoms with E-state index in [9.17, 15) is 4.39 Å². The van der Waals surface area contributed by atoms with E-state index < -0.39 is 0 Å². The smallest absolute Gasteiger partial charge is 0.181 e. The number of aromatic nitrogens is 1. The number of hydrogen-bond acceptors (Lipinski definition) is 3. The summed E-state index contributed by atoms with van der Waals surface area (Å²) in [6.07, 6.45) is 1.34. The van der Waals surface area contributed by atoms with E-state index in [-0.39, 0.29) is 5.82 Å². The van der Waals surface area contributed by atoms with Crippen molar-refractivity contribution >= 4 is 15.9 Å². The predicted molar refractivity (Wildman–Crippen MR) is 71.6 cm³/mol. The fourth-order valence-electron chi connectivity index (χ4n) is 1.61. The molecule has 0 aliphatic rings. The first kappa shape index (κ1) is 13.2. The van der Waals surface area contributed by atoms with Crippen LogP contribution < -0.4 is 5.32 Å². The molecule has 0 saturated carbocycles. The van der Waals surface area contributed by atoms with Crippen molar-refractivity contribution < 1.29 is 8.81 Å². The lowest BCUT2D eigenvalue weighted by molar-refractivity contribution is 0.553. The molecule has 0 unspecified atom stereocenters. The Bertz CT molecular complexity index is 519. The van der Waals surface area contributed by atoms with E-state index in [1.54, 1.807) is 12.1 Å². The number of benzene rings is 1. The molecule has 0 fully saturated rings. The second-order valence-corrected chi connectivity index (χ2v) is 5.11. The number of nitrogens with one attached hydrogen (secondary N) is 1. The fourth-order valence-corrected chi connectivity index (χ4v) is 2.14. The SMILES string of the molecule is CC(C)NCc1ncoc1-c1c(F)cccc1Br. The highest BCUT2D eigenvalue weighted by molar-refractivity contribution is 9.10. The zero-order valence-corrected chi connectivity index (χ0v) is 11.8. The van der Waals surface area contributed by atoms with Gasteiger partial charge in [-0.3, -0.25) is 0 Å². The molecule has 0 bridgehead atoms. The number of hydrogen-bond donors (Lipinski definition) is 1. The van der Waals surface area contributed by atoms with Crippen LogP contribution in [0.3, 0.4) is 0 Å². The molecule has 1 heterocycles. The lowest BCUT2D eigenvalue weighted by Gasteiger charge is -2.08. The van der Waals surface area contributed by atoms with Crippen LogP contribution in [0.15, 0.2) is 33.5 Å². The maximum absolute atomic E-state index is 13.9. The first-order chi connectivity index (χ1) is 8.59. The normalized spacial score (nSPS) is 11.2. The van der Waals surface area contributed by atoms with Gasteiger partial charge in [-0.1, -0.05) is 19.9 Å². The quantitative estimate of drug-likeness (QED) is 0.934. The van der Waals surface area contributed by atoms with Crippen molar-refractivity contribution in [1.29, 1.82) is 0 Å². The summed E-state index contributed by atoms with van der Waals surface area (Å²) in [6, 6.07) is 5.16. The molecular weight excluding hydrogens is 299 g/mol. The number of rotatable bonds is 4. The van der Waals surface area contributed by atoms with Crippen molar-refractivity contribution in [3.8, 4) is 11.3 Å². The lowest BCUT2D eigenvalue weighted by atomic mass is 10.1. The second kappa shape index (κ2) is 5.63. The molecule has 0 saturated heterocycles. The first-order valence-corrected chi connectivity index (χ1v) is 6.49. The molecule has 1 N–H and O–H groups in total. The molecule has 3 nitrogen and oxygen atoms in total. The summed E-state index contributed by atoms with van der Waals surface area (Å²) < 4.78 is 19.8. The van der Waals surface area contributed by atoms with Crippen LogP contribution in [0.5, 0.6) is 0 Å². The van der Waals surface area contributed by atoms with Crippen LogP contribution in [0.1, 0.15) is 19.5 Å². The van der Waals surface area contributed by atoms with Gasteiger partial charge in [-0.25, -0.2) is 9.37 Å². The Morgan fingerprint density at radius 2 is 2.22 bits per heavy atom. The predicted octanol–water partition coefficient (Wildman–Crippen LogP) is 3.74. The third-order valence-corrected chi connectivity index (χ3v) is 3.17. The Kier molecular flexibility index (Phi) is 4.14. The lowest BCUT2D eigenvalue weighted by Crippen LogP contribution is -2.22. The standard InChI is InChI=1S/C13H14BrFN2O/c1-8(2)16-6-11-13(18-7-17-11)12-9(14)4-3-5-10(12)15/h3-5,7-8,16H,6H2,1-2H3. The Morgan fingerprint density at radius 3 is 2.89 bits per heavy atom. The van der Waals surface area contributed by atoms with Gasteiger partial charge in [-0.05, 0) is 28.1 Å². The maximum Gasteiger partial charge on any atom is 0.181 e. The van der Waals surface area contributed by atoms with Gasteiger partial charge in [0.25, 0.3) is 0 Å². The minimum atomic E-state index is -0.327. The van der Waals surface area contributed by atoms with Crippen molar-refractivity contribution in [2.45, 2.75) is 26.4 Å². The van der Waals surface area contributed by atoms with Crippen molar-refractivity contribution in [3.05, 3.63) is 40.6 Å². The van der Waals surface area contributed by atoms with Gasteiger partial charge in [-0.15, -0.1) is 0 Å². The van der Waals surface area contributed by atoms with Crippen molar-refractivity contribution in [3.63, 3.8) is 0 Å². The largest absolute Gasteiger partial charge is 0.443 e. The summed E-state index contributed by atoms with van der Waals surface area (Å²) in [7, 11) is 0. The Morgan fingerprint density at radius 1 is 1.44 bits per heavy atom. The summed E-state index contributed by atoms with van der Waals surface area (Å²) in [5.74, 6) is 0.139. The molecule has 0 spiro atoms. The van der Waals surface area contributed by atoms with Gasteiger partial charge < -0.3 is 9.73 Å². The molecule has 5 heteroatoms. The summed E-state index contributed by atoms with van der Waals surface area (Å²) in [6.45, 7) is 4.63. The topological polar surface area (TPSA) is 38.1 Å². The highest BCUT2D eigenvalue weighted by atomic mass is 79.9. The van der Waals surface area contributed by atoms with Gasteiger partial charge in [0.2, 0.25) is 0 Å². The van der Waals surface area contributed by atoms with Crippen LogP contribution in [0.4, 0.5) is 4.39 Å². The summed E-state index contributed by atoms with van der Waals surface area (Å²) in [4.78, 5) is 4.13. The Balaban J connectivity index is 2.36. The van der Waals surface area contributed by atoms with Gasteiger partial charge >= 0.3 is 0 Å². The zero-order chi connectivity index (χ0) is 13.1. The Labute approximate surface area is 114 Å². The third-order valence-electron chi connectivity index (χ3n) is 2.51. The van der Waals surface area contributed by atoms with Crippen LogP contribution in [-0.2, 0) is 6.54 Å². The van der Waals surface area contributed by atoms with E-state index in [0.717, 1.165) is 0 Å². The summed E-state index contributed by atoms with van der Waals surface area (Å²) >= 11 is 3.33.